The first-order valence-electron chi connectivity index (χ1n) is 4.88. The molecule has 0 saturated carbocycles. The SMILES string of the molecule is O=C(O)c1ccncc1Oc1ccc(F)c(Cl)c1. The Morgan fingerprint density at radius 3 is 2.83 bits per heavy atom. The number of carboxylic acids is 1. The highest BCUT2D eigenvalue weighted by Gasteiger charge is 2.12. The van der Waals surface area contributed by atoms with Crippen molar-refractivity contribution in [1.29, 1.82) is 0 Å². The lowest BCUT2D eigenvalue weighted by molar-refractivity contribution is 0.0694. The Kier molecular flexibility index (Phi) is 3.43. The van der Waals surface area contributed by atoms with Crippen LogP contribution in [0.5, 0.6) is 11.5 Å². The van der Waals surface area contributed by atoms with Crippen LogP contribution in [0.1, 0.15) is 10.4 Å². The monoisotopic (exact) mass is 267 g/mol. The summed E-state index contributed by atoms with van der Waals surface area (Å²) in [6.45, 7) is 0. The molecular formula is C12H7ClFNO3. The van der Waals surface area contributed by atoms with Crippen LogP contribution in [0.3, 0.4) is 0 Å². The Hall–Kier alpha value is -2.14. The molecule has 4 nitrogen and oxygen atoms in total. The van der Waals surface area contributed by atoms with Gasteiger partial charge in [0.1, 0.15) is 17.1 Å². The second-order valence-corrected chi connectivity index (χ2v) is 3.76. The number of benzene rings is 1. The number of hydrogen-bond acceptors (Lipinski definition) is 3. The third-order valence-corrected chi connectivity index (χ3v) is 2.42. The number of rotatable bonds is 3. The second kappa shape index (κ2) is 5.01. The molecule has 0 fully saturated rings. The number of hydrogen-bond donors (Lipinski definition) is 1. The fourth-order valence-corrected chi connectivity index (χ4v) is 1.48. The van der Waals surface area contributed by atoms with Crippen LogP contribution in [0, 0.1) is 5.82 Å². The van der Waals surface area contributed by atoms with Crippen molar-refractivity contribution in [2.75, 3.05) is 0 Å². The standard InChI is InChI=1S/C12H7ClFNO3/c13-9-5-7(1-2-10(9)14)18-11-6-15-4-3-8(11)12(16)17/h1-6H,(H,16,17). The molecule has 0 saturated heterocycles. The van der Waals surface area contributed by atoms with E-state index in [0.717, 1.165) is 6.07 Å². The van der Waals surface area contributed by atoms with Crippen molar-refractivity contribution in [3.8, 4) is 11.5 Å². The molecule has 0 atom stereocenters. The average Bonchev–Trinajstić information content (AvgIpc) is 2.34. The van der Waals surface area contributed by atoms with Crippen LogP contribution in [0.25, 0.3) is 0 Å². The molecule has 0 spiro atoms. The van der Waals surface area contributed by atoms with Gasteiger partial charge < -0.3 is 9.84 Å². The van der Waals surface area contributed by atoms with Gasteiger partial charge in [-0.2, -0.15) is 0 Å². The van der Waals surface area contributed by atoms with Crippen molar-refractivity contribution in [3.05, 3.63) is 53.1 Å². The third kappa shape index (κ3) is 2.57. The lowest BCUT2D eigenvalue weighted by Crippen LogP contribution is -2.00. The van der Waals surface area contributed by atoms with E-state index < -0.39 is 11.8 Å². The van der Waals surface area contributed by atoms with Crippen LogP contribution < -0.4 is 4.74 Å². The molecular weight excluding hydrogens is 261 g/mol. The first kappa shape index (κ1) is 12.3. The predicted molar refractivity (Wildman–Crippen MR) is 62.7 cm³/mol. The Bertz CT molecular complexity index is 604. The smallest absolute Gasteiger partial charge is 0.339 e. The van der Waals surface area contributed by atoms with Crippen molar-refractivity contribution < 1.29 is 19.0 Å². The summed E-state index contributed by atoms with van der Waals surface area (Å²) in [5, 5.41) is 8.85. The van der Waals surface area contributed by atoms with Crippen molar-refractivity contribution in [2.45, 2.75) is 0 Å². The molecule has 0 amide bonds. The van der Waals surface area contributed by atoms with Crippen molar-refractivity contribution in [2.24, 2.45) is 0 Å². The molecule has 1 N–H and O–H groups in total. The number of ether oxygens (including phenoxy) is 1. The van der Waals surface area contributed by atoms with Gasteiger partial charge in [0.05, 0.1) is 11.2 Å². The molecule has 1 aromatic carbocycles. The van der Waals surface area contributed by atoms with E-state index >= 15 is 0 Å². The highest BCUT2D eigenvalue weighted by atomic mass is 35.5. The fourth-order valence-electron chi connectivity index (χ4n) is 1.31. The van der Waals surface area contributed by atoms with E-state index in [1.165, 1.54) is 30.6 Å². The number of carboxylic acid groups (broad SMARTS) is 1. The van der Waals surface area contributed by atoms with Crippen LogP contribution in [-0.2, 0) is 0 Å². The molecule has 0 aliphatic rings. The zero-order valence-electron chi connectivity index (χ0n) is 8.93. The third-order valence-electron chi connectivity index (χ3n) is 2.13. The molecule has 0 unspecified atom stereocenters. The number of aromatic nitrogens is 1. The quantitative estimate of drug-likeness (QED) is 0.926. The van der Waals surface area contributed by atoms with E-state index in [9.17, 15) is 9.18 Å². The molecule has 0 bridgehead atoms. The van der Waals surface area contributed by atoms with Crippen molar-refractivity contribution in [3.63, 3.8) is 0 Å². The Balaban J connectivity index is 2.34. The summed E-state index contributed by atoms with van der Waals surface area (Å²) in [6, 6.07) is 5.05. The summed E-state index contributed by atoms with van der Waals surface area (Å²) < 4.78 is 18.3. The van der Waals surface area contributed by atoms with E-state index in [-0.39, 0.29) is 22.1 Å². The van der Waals surface area contributed by atoms with Gasteiger partial charge in [-0.3, -0.25) is 4.98 Å². The maximum Gasteiger partial charge on any atom is 0.339 e. The zero-order chi connectivity index (χ0) is 13.1. The molecule has 18 heavy (non-hydrogen) atoms. The minimum Gasteiger partial charge on any atom is -0.478 e. The number of aromatic carboxylic acids is 1. The lowest BCUT2D eigenvalue weighted by atomic mass is 10.2. The van der Waals surface area contributed by atoms with Gasteiger partial charge in [-0.15, -0.1) is 0 Å². The summed E-state index contributed by atoms with van der Waals surface area (Å²) in [5.74, 6) is -1.42. The van der Waals surface area contributed by atoms with Gasteiger partial charge in [-0.25, -0.2) is 9.18 Å². The largest absolute Gasteiger partial charge is 0.478 e. The van der Waals surface area contributed by atoms with Crippen LogP contribution >= 0.6 is 11.6 Å². The highest BCUT2D eigenvalue weighted by molar-refractivity contribution is 6.30. The van der Waals surface area contributed by atoms with E-state index in [2.05, 4.69) is 4.98 Å². The van der Waals surface area contributed by atoms with E-state index in [0.29, 0.717) is 0 Å². The predicted octanol–water partition coefficient (Wildman–Crippen LogP) is 3.36. The maximum absolute atomic E-state index is 13.0. The van der Waals surface area contributed by atoms with Crippen molar-refractivity contribution >= 4 is 17.6 Å². The van der Waals surface area contributed by atoms with Crippen LogP contribution in [-0.4, -0.2) is 16.1 Å². The molecule has 1 heterocycles. The topological polar surface area (TPSA) is 59.4 Å². The van der Waals surface area contributed by atoms with Gasteiger partial charge in [-0.1, -0.05) is 11.6 Å². The normalized spacial score (nSPS) is 10.1. The van der Waals surface area contributed by atoms with Crippen LogP contribution in [0.15, 0.2) is 36.7 Å². The van der Waals surface area contributed by atoms with E-state index in [1.807, 2.05) is 0 Å². The molecule has 2 aromatic rings. The summed E-state index contributed by atoms with van der Waals surface area (Å²) in [7, 11) is 0. The number of pyridine rings is 1. The Morgan fingerprint density at radius 2 is 2.17 bits per heavy atom. The summed E-state index contributed by atoms with van der Waals surface area (Å²) >= 11 is 5.60. The molecule has 0 aliphatic carbocycles. The first-order chi connectivity index (χ1) is 8.58. The maximum atomic E-state index is 13.0. The molecule has 2 rings (SSSR count). The zero-order valence-corrected chi connectivity index (χ0v) is 9.69. The summed E-state index contributed by atoms with van der Waals surface area (Å²) in [6.07, 6.45) is 2.61. The first-order valence-corrected chi connectivity index (χ1v) is 5.26. The Morgan fingerprint density at radius 1 is 1.39 bits per heavy atom. The minimum absolute atomic E-state index is 0.0366. The second-order valence-electron chi connectivity index (χ2n) is 3.35. The van der Waals surface area contributed by atoms with Crippen LogP contribution in [0.2, 0.25) is 5.02 Å². The van der Waals surface area contributed by atoms with Gasteiger partial charge in [0.25, 0.3) is 0 Å². The Labute approximate surface area is 107 Å². The minimum atomic E-state index is -1.14. The highest BCUT2D eigenvalue weighted by Crippen LogP contribution is 2.27. The van der Waals surface area contributed by atoms with Crippen LogP contribution in [0.4, 0.5) is 4.39 Å². The van der Waals surface area contributed by atoms with E-state index in [4.69, 9.17) is 21.4 Å². The number of halogens is 2. The summed E-state index contributed by atoms with van der Waals surface area (Å²) in [5.41, 5.74) is -0.0366. The number of nitrogens with zero attached hydrogens (tertiary/aromatic N) is 1. The van der Waals surface area contributed by atoms with Gasteiger partial charge >= 0.3 is 5.97 Å². The fraction of sp³-hybridized carbons (Fsp3) is 0. The van der Waals surface area contributed by atoms with Crippen molar-refractivity contribution in [1.82, 2.24) is 4.98 Å². The van der Waals surface area contributed by atoms with E-state index in [1.54, 1.807) is 0 Å². The summed E-state index contributed by atoms with van der Waals surface area (Å²) in [4.78, 5) is 14.7. The van der Waals surface area contributed by atoms with Gasteiger partial charge in [-0.05, 0) is 18.2 Å². The molecule has 1 aromatic heterocycles. The molecule has 0 aliphatic heterocycles. The lowest BCUT2D eigenvalue weighted by Gasteiger charge is -2.08. The van der Waals surface area contributed by atoms with Gasteiger partial charge in [0.2, 0.25) is 0 Å². The van der Waals surface area contributed by atoms with Gasteiger partial charge in [0.15, 0.2) is 5.75 Å². The number of carbonyl (C=O) groups is 1. The average molecular weight is 268 g/mol. The van der Waals surface area contributed by atoms with Gasteiger partial charge in [0, 0.05) is 12.3 Å². The molecule has 0 radical (unpaired) electrons. The molecule has 92 valence electrons. The molecule has 6 heteroatoms.